The van der Waals surface area contributed by atoms with Gasteiger partial charge in [0.25, 0.3) is 0 Å². The molecule has 0 heterocycles. The van der Waals surface area contributed by atoms with Crippen LogP contribution in [0.15, 0.2) is 0 Å². The molecule has 0 bridgehead atoms. The van der Waals surface area contributed by atoms with Crippen LogP contribution in [0.25, 0.3) is 0 Å². The Balaban J connectivity index is 3.85. The van der Waals surface area contributed by atoms with Crippen molar-refractivity contribution in [1.29, 1.82) is 0 Å². The average molecular weight is 189 g/mol. The van der Waals surface area contributed by atoms with Crippen LogP contribution in [0.4, 0.5) is 0 Å². The molecule has 2 heteroatoms. The average Bonchev–Trinajstić information content (AvgIpc) is 1.98. The van der Waals surface area contributed by atoms with Crippen LogP contribution in [-0.4, -0.2) is 36.1 Å². The largest absolute Gasteiger partial charge is 0.300 e. The van der Waals surface area contributed by atoms with Gasteiger partial charge >= 0.3 is 0 Å². The van der Waals surface area contributed by atoms with Crippen LogP contribution in [0.1, 0.15) is 34.6 Å². The molecule has 12 heavy (non-hydrogen) atoms. The summed E-state index contributed by atoms with van der Waals surface area (Å²) >= 11 is 0. The molecule has 0 saturated heterocycles. The lowest BCUT2D eigenvalue weighted by Gasteiger charge is -2.29. The third-order valence-corrected chi connectivity index (χ3v) is 5.51. The zero-order valence-corrected chi connectivity index (χ0v) is 10.4. The van der Waals surface area contributed by atoms with E-state index in [0.717, 1.165) is 5.66 Å². The Morgan fingerprint density at radius 3 is 1.92 bits per heavy atom. The quantitative estimate of drug-likeness (QED) is 0.600. The molecule has 74 valence electrons. The molecule has 1 nitrogen and oxygen atoms in total. The minimum atomic E-state index is 0.237. The molecule has 0 radical (unpaired) electrons. The molecule has 0 aliphatic rings. The normalized spacial score (nSPS) is 14.8. The predicted octanol–water partition coefficient (Wildman–Crippen LogP) is 3.19. The second kappa shape index (κ2) is 5.94. The summed E-state index contributed by atoms with van der Waals surface area (Å²) in [6, 6.07) is 0.695. The molecule has 0 aromatic heterocycles. The van der Waals surface area contributed by atoms with Crippen LogP contribution in [0, 0.1) is 0 Å². The molecule has 0 rings (SSSR count). The Labute approximate surface area is 79.3 Å². The van der Waals surface area contributed by atoms with Gasteiger partial charge in [0.1, 0.15) is 0 Å². The molecule has 1 atom stereocenters. The SMILES string of the molecule is CCP(CN(C)C(C)C)C(C)C. The molecule has 0 spiro atoms. The van der Waals surface area contributed by atoms with E-state index in [-0.39, 0.29) is 7.92 Å². The fraction of sp³-hybridized carbons (Fsp3) is 1.00. The molecule has 0 aliphatic carbocycles. The Morgan fingerprint density at radius 2 is 1.67 bits per heavy atom. The highest BCUT2D eigenvalue weighted by Crippen LogP contribution is 2.40. The Hall–Kier alpha value is 0.390. The first-order chi connectivity index (χ1) is 5.49. The van der Waals surface area contributed by atoms with Gasteiger partial charge in [-0.15, -0.1) is 0 Å². The van der Waals surface area contributed by atoms with E-state index in [1.54, 1.807) is 0 Å². The molecular formula is C10H24NP. The van der Waals surface area contributed by atoms with E-state index in [1.807, 2.05) is 0 Å². The number of hydrogen-bond donors (Lipinski definition) is 0. The van der Waals surface area contributed by atoms with Gasteiger partial charge in [-0.3, -0.25) is 4.90 Å². The van der Waals surface area contributed by atoms with E-state index in [9.17, 15) is 0 Å². The van der Waals surface area contributed by atoms with Crippen LogP contribution in [-0.2, 0) is 0 Å². The van der Waals surface area contributed by atoms with Gasteiger partial charge < -0.3 is 0 Å². The summed E-state index contributed by atoms with van der Waals surface area (Å²) < 4.78 is 0. The lowest BCUT2D eigenvalue weighted by molar-refractivity contribution is 0.318. The Morgan fingerprint density at radius 1 is 1.17 bits per heavy atom. The van der Waals surface area contributed by atoms with E-state index in [0.29, 0.717) is 6.04 Å². The van der Waals surface area contributed by atoms with Gasteiger partial charge in [0, 0.05) is 12.3 Å². The third kappa shape index (κ3) is 4.42. The zero-order chi connectivity index (χ0) is 9.72. The highest BCUT2D eigenvalue weighted by molar-refractivity contribution is 7.58. The Bertz CT molecular complexity index is 112. The van der Waals surface area contributed by atoms with Crippen molar-refractivity contribution in [1.82, 2.24) is 4.90 Å². The van der Waals surface area contributed by atoms with Gasteiger partial charge in [0.2, 0.25) is 0 Å². The van der Waals surface area contributed by atoms with Crippen LogP contribution in [0.3, 0.4) is 0 Å². The zero-order valence-electron chi connectivity index (χ0n) is 9.46. The predicted molar refractivity (Wildman–Crippen MR) is 60.4 cm³/mol. The molecule has 1 unspecified atom stereocenters. The molecule has 0 fully saturated rings. The second-order valence-electron chi connectivity index (χ2n) is 3.99. The standard InChI is InChI=1S/C10H24NP/c1-7-12(10(4)5)8-11(6)9(2)3/h9-10H,7-8H2,1-6H3. The molecule has 0 saturated carbocycles. The first-order valence-corrected chi connectivity index (χ1v) is 6.71. The van der Waals surface area contributed by atoms with Crippen molar-refractivity contribution in [3.63, 3.8) is 0 Å². The fourth-order valence-electron chi connectivity index (χ4n) is 1.08. The van der Waals surface area contributed by atoms with Crippen LogP contribution in [0.5, 0.6) is 0 Å². The van der Waals surface area contributed by atoms with E-state index >= 15 is 0 Å². The van der Waals surface area contributed by atoms with Crippen molar-refractivity contribution in [2.75, 3.05) is 19.5 Å². The fourth-order valence-corrected chi connectivity index (χ4v) is 3.23. The minimum absolute atomic E-state index is 0.237. The van der Waals surface area contributed by atoms with E-state index < -0.39 is 0 Å². The lowest BCUT2D eigenvalue weighted by Crippen LogP contribution is -2.27. The monoisotopic (exact) mass is 189 g/mol. The topological polar surface area (TPSA) is 3.24 Å². The number of hydrogen-bond acceptors (Lipinski definition) is 1. The van der Waals surface area contributed by atoms with Gasteiger partial charge in [0.15, 0.2) is 0 Å². The molecule has 0 amide bonds. The number of rotatable bonds is 5. The van der Waals surface area contributed by atoms with Crippen molar-refractivity contribution in [3.8, 4) is 0 Å². The van der Waals surface area contributed by atoms with Crippen molar-refractivity contribution >= 4 is 7.92 Å². The van der Waals surface area contributed by atoms with E-state index in [2.05, 4.69) is 46.6 Å². The third-order valence-electron chi connectivity index (χ3n) is 2.42. The first-order valence-electron chi connectivity index (χ1n) is 4.93. The summed E-state index contributed by atoms with van der Waals surface area (Å²) in [5.41, 5.74) is 0.881. The lowest BCUT2D eigenvalue weighted by atomic mass is 10.4. The summed E-state index contributed by atoms with van der Waals surface area (Å²) in [6.45, 7) is 11.6. The summed E-state index contributed by atoms with van der Waals surface area (Å²) in [5.74, 6) is 0. The smallest absolute Gasteiger partial charge is 0.0185 e. The maximum atomic E-state index is 2.47. The Kier molecular flexibility index (Phi) is 6.13. The molecular weight excluding hydrogens is 165 g/mol. The van der Waals surface area contributed by atoms with Crippen LogP contribution >= 0.6 is 7.92 Å². The van der Waals surface area contributed by atoms with Crippen molar-refractivity contribution in [2.24, 2.45) is 0 Å². The summed E-state index contributed by atoms with van der Waals surface area (Å²) in [4.78, 5) is 2.47. The van der Waals surface area contributed by atoms with Gasteiger partial charge in [-0.05, 0) is 32.7 Å². The second-order valence-corrected chi connectivity index (χ2v) is 7.12. The van der Waals surface area contributed by atoms with Gasteiger partial charge in [-0.1, -0.05) is 28.7 Å². The molecule has 0 aromatic rings. The van der Waals surface area contributed by atoms with Crippen molar-refractivity contribution < 1.29 is 0 Å². The summed E-state index contributed by atoms with van der Waals surface area (Å²) in [7, 11) is 2.47. The minimum Gasteiger partial charge on any atom is -0.300 e. The van der Waals surface area contributed by atoms with E-state index in [1.165, 1.54) is 12.4 Å². The van der Waals surface area contributed by atoms with E-state index in [4.69, 9.17) is 0 Å². The van der Waals surface area contributed by atoms with Crippen LogP contribution in [0.2, 0.25) is 0 Å². The maximum Gasteiger partial charge on any atom is 0.0185 e. The van der Waals surface area contributed by atoms with Gasteiger partial charge in [0.05, 0.1) is 0 Å². The highest BCUT2D eigenvalue weighted by Gasteiger charge is 2.13. The van der Waals surface area contributed by atoms with Crippen LogP contribution < -0.4 is 0 Å². The van der Waals surface area contributed by atoms with Gasteiger partial charge in [-0.2, -0.15) is 0 Å². The molecule has 0 N–H and O–H groups in total. The summed E-state index contributed by atoms with van der Waals surface area (Å²) in [6.07, 6.45) is 2.67. The molecule has 0 aliphatic heterocycles. The van der Waals surface area contributed by atoms with Crippen molar-refractivity contribution in [3.05, 3.63) is 0 Å². The number of nitrogens with zero attached hydrogens (tertiary/aromatic N) is 1. The maximum absolute atomic E-state index is 2.47. The first kappa shape index (κ1) is 12.4. The van der Waals surface area contributed by atoms with Gasteiger partial charge in [-0.25, -0.2) is 0 Å². The van der Waals surface area contributed by atoms with Crippen molar-refractivity contribution in [2.45, 2.75) is 46.3 Å². The molecule has 0 aromatic carbocycles. The highest BCUT2D eigenvalue weighted by atomic mass is 31.1. The summed E-state index contributed by atoms with van der Waals surface area (Å²) in [5, 5.41) is 0.